The zero-order valence-corrected chi connectivity index (χ0v) is 23.2. The van der Waals surface area contributed by atoms with Gasteiger partial charge in [-0.2, -0.15) is 0 Å². The third-order valence-corrected chi connectivity index (χ3v) is 7.99. The molecule has 1 aromatic heterocycles. The maximum absolute atomic E-state index is 6.46. The topological polar surface area (TPSA) is 22.4 Å². The molecule has 198 valence electrons. The van der Waals surface area contributed by atoms with Gasteiger partial charge < -0.3 is 9.15 Å². The van der Waals surface area contributed by atoms with Crippen molar-refractivity contribution in [2.24, 2.45) is 0 Å². The van der Waals surface area contributed by atoms with E-state index >= 15 is 0 Å². The van der Waals surface area contributed by atoms with Crippen LogP contribution < -0.4 is 4.74 Å². The highest BCUT2D eigenvalue weighted by Gasteiger charge is 2.21. The van der Waals surface area contributed by atoms with Gasteiger partial charge in [0.05, 0.1) is 0 Å². The highest BCUT2D eigenvalue weighted by atomic mass is 16.5. The Hall–Kier alpha value is -5.08. The number of fused-ring (bicyclic) bond motifs is 3. The first kappa shape index (κ1) is 24.9. The van der Waals surface area contributed by atoms with E-state index in [0.29, 0.717) is 0 Å². The van der Waals surface area contributed by atoms with E-state index in [1.54, 1.807) is 0 Å². The normalized spacial score (nSPS) is 12.0. The van der Waals surface area contributed by atoms with Crippen LogP contribution in [0.2, 0.25) is 0 Å². The van der Waals surface area contributed by atoms with Crippen LogP contribution in [-0.2, 0) is 0 Å². The zero-order valence-electron chi connectivity index (χ0n) is 23.2. The molecule has 7 rings (SSSR count). The summed E-state index contributed by atoms with van der Waals surface area (Å²) in [6, 6.07) is 48.6. The van der Waals surface area contributed by atoms with Gasteiger partial charge in [-0.05, 0) is 70.6 Å². The monoisotopic (exact) mass is 530 g/mol. The van der Waals surface area contributed by atoms with Crippen LogP contribution in [0.25, 0.3) is 44.2 Å². The lowest BCUT2D eigenvalue weighted by Crippen LogP contribution is -2.01. The van der Waals surface area contributed by atoms with E-state index in [9.17, 15) is 0 Å². The predicted molar refractivity (Wildman–Crippen MR) is 170 cm³/mol. The van der Waals surface area contributed by atoms with Gasteiger partial charge in [0.1, 0.15) is 22.7 Å². The zero-order chi connectivity index (χ0) is 27.8. The Bertz CT molecular complexity index is 1970. The Balaban J connectivity index is 1.31. The second kappa shape index (κ2) is 10.5. The van der Waals surface area contributed by atoms with Gasteiger partial charge in [-0.3, -0.25) is 0 Å². The fourth-order valence-corrected chi connectivity index (χ4v) is 5.81. The predicted octanol–water partition coefficient (Wildman–Crippen LogP) is 11.2. The fourth-order valence-electron chi connectivity index (χ4n) is 5.81. The van der Waals surface area contributed by atoms with Crippen molar-refractivity contribution in [2.75, 3.05) is 0 Å². The van der Waals surface area contributed by atoms with Crippen LogP contribution in [0.5, 0.6) is 11.5 Å². The van der Waals surface area contributed by atoms with Crippen molar-refractivity contribution in [2.45, 2.75) is 19.8 Å². The van der Waals surface area contributed by atoms with Crippen molar-refractivity contribution in [1.29, 1.82) is 0 Å². The van der Waals surface area contributed by atoms with Crippen molar-refractivity contribution < 1.29 is 9.15 Å². The summed E-state index contributed by atoms with van der Waals surface area (Å²) in [5.74, 6) is 1.84. The maximum atomic E-state index is 6.46. The van der Waals surface area contributed by atoms with Crippen LogP contribution in [0.15, 0.2) is 144 Å². The average molecular weight is 531 g/mol. The van der Waals surface area contributed by atoms with Crippen molar-refractivity contribution in [3.8, 4) is 33.8 Å². The lowest BCUT2D eigenvalue weighted by atomic mass is 9.88. The van der Waals surface area contributed by atoms with Gasteiger partial charge in [-0.15, -0.1) is 0 Å². The minimum atomic E-state index is 0.0897. The van der Waals surface area contributed by atoms with Crippen molar-refractivity contribution in [3.63, 3.8) is 0 Å². The van der Waals surface area contributed by atoms with E-state index in [4.69, 9.17) is 9.15 Å². The minimum absolute atomic E-state index is 0.0897. The smallest absolute Gasteiger partial charge is 0.135 e. The molecule has 0 saturated carbocycles. The maximum Gasteiger partial charge on any atom is 0.135 e. The number of aryl methyl sites for hydroxylation is 1. The van der Waals surface area contributed by atoms with Gasteiger partial charge in [0.25, 0.3) is 0 Å². The molecule has 0 amide bonds. The van der Waals surface area contributed by atoms with Gasteiger partial charge in [0, 0.05) is 22.3 Å². The number of hydrogen-bond acceptors (Lipinski definition) is 2. The molecule has 0 aliphatic rings. The van der Waals surface area contributed by atoms with Crippen LogP contribution in [0.4, 0.5) is 0 Å². The van der Waals surface area contributed by atoms with Gasteiger partial charge in [-0.25, -0.2) is 0 Å². The lowest BCUT2D eigenvalue weighted by Gasteiger charge is -2.20. The largest absolute Gasteiger partial charge is 0.457 e. The standard InChI is InChI=1S/C39H30O2/c1-26-11-9-17-34(39(26)40-32-14-7-4-8-15-32)27(2)33-16-10-18-37-38(33)35-25-31(23-24-36(35)41-37)30-21-19-29(20-22-30)28-12-5-3-6-13-28/h3-25,27H,1-2H3. The number of para-hydroxylation sites is 2. The molecular formula is C39H30O2. The molecule has 0 spiro atoms. The quantitative estimate of drug-likeness (QED) is 0.213. The summed E-state index contributed by atoms with van der Waals surface area (Å²) in [4.78, 5) is 0. The van der Waals surface area contributed by atoms with E-state index in [1.165, 1.54) is 27.8 Å². The number of furan rings is 1. The molecule has 0 N–H and O–H groups in total. The van der Waals surface area contributed by atoms with Gasteiger partial charge in [0.15, 0.2) is 0 Å². The van der Waals surface area contributed by atoms with Crippen molar-refractivity contribution >= 4 is 21.9 Å². The second-order valence-electron chi connectivity index (χ2n) is 10.6. The van der Waals surface area contributed by atoms with Gasteiger partial charge in [0.2, 0.25) is 0 Å². The molecule has 0 radical (unpaired) electrons. The molecule has 1 unspecified atom stereocenters. The van der Waals surface area contributed by atoms with Crippen LogP contribution in [-0.4, -0.2) is 0 Å². The number of benzene rings is 6. The van der Waals surface area contributed by atoms with E-state index in [1.807, 2.05) is 36.4 Å². The van der Waals surface area contributed by atoms with Gasteiger partial charge in [-0.1, -0.05) is 116 Å². The Morgan fingerprint density at radius 1 is 0.537 bits per heavy atom. The Morgan fingerprint density at radius 3 is 1.90 bits per heavy atom. The summed E-state index contributed by atoms with van der Waals surface area (Å²) in [5.41, 5.74) is 10.1. The molecule has 2 heteroatoms. The van der Waals surface area contributed by atoms with Crippen LogP contribution in [0, 0.1) is 6.92 Å². The van der Waals surface area contributed by atoms with Crippen LogP contribution in [0.3, 0.4) is 0 Å². The Morgan fingerprint density at radius 2 is 1.15 bits per heavy atom. The summed E-state index contributed by atoms with van der Waals surface area (Å²) >= 11 is 0. The number of ether oxygens (including phenoxy) is 1. The third kappa shape index (κ3) is 4.68. The lowest BCUT2D eigenvalue weighted by molar-refractivity contribution is 0.470. The molecule has 41 heavy (non-hydrogen) atoms. The summed E-state index contributed by atoms with van der Waals surface area (Å²) in [5, 5.41) is 2.29. The van der Waals surface area contributed by atoms with E-state index < -0.39 is 0 Å². The second-order valence-corrected chi connectivity index (χ2v) is 10.6. The molecule has 0 saturated heterocycles. The molecule has 1 heterocycles. The van der Waals surface area contributed by atoms with Crippen LogP contribution in [0.1, 0.15) is 29.5 Å². The summed E-state index contributed by atoms with van der Waals surface area (Å²) in [6.45, 7) is 4.37. The molecule has 1 atom stereocenters. The molecule has 7 aromatic rings. The minimum Gasteiger partial charge on any atom is -0.457 e. The first-order valence-electron chi connectivity index (χ1n) is 14.1. The summed E-state index contributed by atoms with van der Waals surface area (Å²) in [7, 11) is 0. The van der Waals surface area contributed by atoms with Crippen LogP contribution >= 0.6 is 0 Å². The first-order chi connectivity index (χ1) is 20.2. The highest BCUT2D eigenvalue weighted by molar-refractivity contribution is 6.08. The van der Waals surface area contributed by atoms with Crippen molar-refractivity contribution in [1.82, 2.24) is 0 Å². The Kier molecular flexibility index (Phi) is 6.37. The molecule has 2 nitrogen and oxygen atoms in total. The van der Waals surface area contributed by atoms with E-state index in [0.717, 1.165) is 44.6 Å². The van der Waals surface area contributed by atoms with E-state index in [2.05, 4.69) is 117 Å². The number of rotatable bonds is 6. The molecule has 0 aliphatic carbocycles. The molecular weight excluding hydrogens is 500 g/mol. The molecule has 0 aliphatic heterocycles. The van der Waals surface area contributed by atoms with Crippen molar-refractivity contribution in [3.05, 3.63) is 156 Å². The summed E-state index contributed by atoms with van der Waals surface area (Å²) < 4.78 is 12.8. The Labute approximate surface area is 240 Å². The van der Waals surface area contributed by atoms with Gasteiger partial charge >= 0.3 is 0 Å². The number of hydrogen-bond donors (Lipinski definition) is 0. The molecule has 6 aromatic carbocycles. The molecule has 0 fully saturated rings. The fraction of sp³-hybridized carbons (Fsp3) is 0.0769. The molecule has 0 bridgehead atoms. The third-order valence-electron chi connectivity index (χ3n) is 7.99. The first-order valence-corrected chi connectivity index (χ1v) is 14.1. The van der Waals surface area contributed by atoms with E-state index in [-0.39, 0.29) is 5.92 Å². The average Bonchev–Trinajstić information content (AvgIpc) is 3.41. The highest BCUT2D eigenvalue weighted by Crippen LogP contribution is 2.42. The summed E-state index contributed by atoms with van der Waals surface area (Å²) in [6.07, 6.45) is 0. The SMILES string of the molecule is Cc1cccc(C(C)c2cccc3oc4ccc(-c5ccc(-c6ccccc6)cc5)cc4c23)c1Oc1ccccc1.